The molecule has 0 aliphatic rings. The van der Waals surface area contributed by atoms with Gasteiger partial charge in [-0.05, 0) is 30.0 Å². The summed E-state index contributed by atoms with van der Waals surface area (Å²) in [7, 11) is 3.06. The largest absolute Gasteiger partial charge is 0.540 e. The van der Waals surface area contributed by atoms with Crippen LogP contribution in [0.25, 0.3) is 0 Å². The molecule has 0 unspecified atom stereocenters. The van der Waals surface area contributed by atoms with Gasteiger partial charge < -0.3 is 4.43 Å². The Morgan fingerprint density at radius 2 is 2.00 bits per heavy atom. The average molecular weight is 177 g/mol. The summed E-state index contributed by atoms with van der Waals surface area (Å²) in [5.74, 6) is 0.938. The Labute approximate surface area is 77.3 Å². The van der Waals surface area contributed by atoms with Gasteiger partial charge in [-0.2, -0.15) is 0 Å². The van der Waals surface area contributed by atoms with Gasteiger partial charge in [0.1, 0.15) is 5.75 Å². The molecule has 0 heterocycles. The van der Waals surface area contributed by atoms with E-state index in [1.54, 1.807) is 0 Å². The fourth-order valence-corrected chi connectivity index (χ4v) is 1.63. The van der Waals surface area contributed by atoms with Crippen molar-refractivity contribution in [1.29, 1.82) is 0 Å². The molecule has 0 aliphatic heterocycles. The molecule has 1 aromatic carbocycles. The van der Waals surface area contributed by atoms with Crippen LogP contribution in [-0.4, -0.2) is 10.5 Å². The molecule has 0 bridgehead atoms. The molecule has 0 spiro atoms. The van der Waals surface area contributed by atoms with E-state index in [1.165, 1.54) is 11.1 Å². The first-order valence-electron chi connectivity index (χ1n) is 4.27. The summed E-state index contributed by atoms with van der Waals surface area (Å²) in [6, 6.07) is 6.14. The van der Waals surface area contributed by atoms with Crippen molar-refractivity contribution in [2.45, 2.75) is 26.7 Å². The Morgan fingerprint density at radius 3 is 2.50 bits per heavy atom. The number of hydrogen-bond donors (Lipinski definition) is 0. The van der Waals surface area contributed by atoms with E-state index in [9.17, 15) is 0 Å². The third kappa shape index (κ3) is 1.69. The molecule has 1 nitrogen and oxygen atoms in total. The Balaban J connectivity index is 3.13. The van der Waals surface area contributed by atoms with E-state index >= 15 is 0 Å². The summed E-state index contributed by atoms with van der Waals surface area (Å²) >= 11 is 0. The maximum atomic E-state index is 5.08. The lowest BCUT2D eigenvalue weighted by Crippen LogP contribution is -1.96. The predicted molar refractivity (Wildman–Crippen MR) is 51.6 cm³/mol. The van der Waals surface area contributed by atoms with Gasteiger partial charge >= 0.3 is 10.5 Å². The van der Waals surface area contributed by atoms with Crippen LogP contribution in [0.2, 0.25) is 0 Å². The van der Waals surface area contributed by atoms with Gasteiger partial charge in [0.25, 0.3) is 0 Å². The molecule has 0 aromatic heterocycles. The molecule has 0 atom stereocenters. The lowest BCUT2D eigenvalue weighted by molar-refractivity contribution is 0.604. The normalized spacial score (nSPS) is 9.92. The zero-order chi connectivity index (χ0) is 8.97. The third-order valence-electron chi connectivity index (χ3n) is 2.07. The first-order chi connectivity index (χ1) is 5.83. The standard InChI is InChI=1S/C10H13OSi/c1-3-8-6-5-7-10(11-12)9(8)4-2/h5-7H,3-4H2,1-2H3. The van der Waals surface area contributed by atoms with Crippen molar-refractivity contribution >= 4 is 10.5 Å². The van der Waals surface area contributed by atoms with Crippen LogP contribution < -0.4 is 4.43 Å². The van der Waals surface area contributed by atoms with E-state index in [0.717, 1.165) is 18.6 Å². The number of hydrogen-bond acceptors (Lipinski definition) is 1. The van der Waals surface area contributed by atoms with E-state index in [1.807, 2.05) is 12.1 Å². The molecule has 12 heavy (non-hydrogen) atoms. The van der Waals surface area contributed by atoms with Gasteiger partial charge in [0.2, 0.25) is 0 Å². The highest BCUT2D eigenvalue weighted by Crippen LogP contribution is 2.22. The lowest BCUT2D eigenvalue weighted by Gasteiger charge is -2.10. The Kier molecular flexibility index (Phi) is 3.35. The van der Waals surface area contributed by atoms with Crippen LogP contribution in [0, 0.1) is 0 Å². The molecule has 0 amide bonds. The Morgan fingerprint density at radius 1 is 1.25 bits per heavy atom. The van der Waals surface area contributed by atoms with Gasteiger partial charge in [0.05, 0.1) is 0 Å². The summed E-state index contributed by atoms with van der Waals surface area (Å²) in [6.07, 6.45) is 2.08. The summed E-state index contributed by atoms with van der Waals surface area (Å²) in [6.45, 7) is 4.30. The first-order valence-corrected chi connectivity index (χ1v) is 4.68. The molecular weight excluding hydrogens is 164 g/mol. The minimum atomic E-state index is 0.938. The molecule has 3 radical (unpaired) electrons. The lowest BCUT2D eigenvalue weighted by atomic mass is 10.0. The first kappa shape index (κ1) is 9.33. The number of rotatable bonds is 3. The van der Waals surface area contributed by atoms with Gasteiger partial charge in [-0.25, -0.2) is 0 Å². The number of aryl methyl sites for hydroxylation is 1. The second kappa shape index (κ2) is 4.31. The number of benzene rings is 1. The van der Waals surface area contributed by atoms with Crippen LogP contribution in [0.15, 0.2) is 18.2 Å². The van der Waals surface area contributed by atoms with Crippen LogP contribution in [-0.2, 0) is 12.8 Å². The SMILES string of the molecule is CCc1cccc(O[Si])c1CC. The van der Waals surface area contributed by atoms with Gasteiger partial charge in [-0.15, -0.1) is 0 Å². The van der Waals surface area contributed by atoms with Crippen molar-refractivity contribution in [3.63, 3.8) is 0 Å². The Bertz CT molecular complexity index is 236. The molecule has 0 saturated heterocycles. The molecule has 0 fully saturated rings. The van der Waals surface area contributed by atoms with Crippen molar-refractivity contribution in [3.05, 3.63) is 29.3 Å². The smallest absolute Gasteiger partial charge is 0.341 e. The fraction of sp³-hybridized carbons (Fsp3) is 0.400. The molecule has 1 rings (SSSR count). The molecule has 1 aromatic rings. The van der Waals surface area contributed by atoms with E-state index in [4.69, 9.17) is 4.43 Å². The topological polar surface area (TPSA) is 9.23 Å². The van der Waals surface area contributed by atoms with E-state index in [2.05, 4.69) is 30.4 Å². The fourth-order valence-electron chi connectivity index (χ4n) is 1.44. The zero-order valence-corrected chi connectivity index (χ0v) is 8.55. The summed E-state index contributed by atoms with van der Waals surface area (Å²) in [5, 5.41) is 0. The van der Waals surface area contributed by atoms with Crippen molar-refractivity contribution in [2.75, 3.05) is 0 Å². The van der Waals surface area contributed by atoms with Gasteiger partial charge in [-0.3, -0.25) is 0 Å². The molecule has 2 heteroatoms. The maximum Gasteiger partial charge on any atom is 0.341 e. The molecular formula is C10H13OSi. The van der Waals surface area contributed by atoms with E-state index < -0.39 is 0 Å². The molecule has 0 aliphatic carbocycles. The maximum absolute atomic E-state index is 5.08. The monoisotopic (exact) mass is 177 g/mol. The van der Waals surface area contributed by atoms with Gasteiger partial charge in [0, 0.05) is 0 Å². The van der Waals surface area contributed by atoms with E-state index in [-0.39, 0.29) is 0 Å². The van der Waals surface area contributed by atoms with Crippen molar-refractivity contribution in [2.24, 2.45) is 0 Å². The van der Waals surface area contributed by atoms with Gasteiger partial charge in [-0.1, -0.05) is 26.0 Å². The quantitative estimate of drug-likeness (QED) is 0.644. The van der Waals surface area contributed by atoms with Crippen LogP contribution >= 0.6 is 0 Å². The van der Waals surface area contributed by atoms with Crippen molar-refractivity contribution in [1.82, 2.24) is 0 Å². The highest BCUT2D eigenvalue weighted by atomic mass is 28.2. The summed E-state index contributed by atoms with van der Waals surface area (Å²) < 4.78 is 5.08. The second-order valence-electron chi connectivity index (χ2n) is 2.70. The van der Waals surface area contributed by atoms with Gasteiger partial charge in [0.15, 0.2) is 0 Å². The summed E-state index contributed by atoms with van der Waals surface area (Å²) in [5.41, 5.74) is 2.67. The van der Waals surface area contributed by atoms with Crippen molar-refractivity contribution in [3.8, 4) is 5.75 Å². The Hall–Kier alpha value is -0.763. The van der Waals surface area contributed by atoms with E-state index in [0.29, 0.717) is 0 Å². The molecule has 63 valence electrons. The highest BCUT2D eigenvalue weighted by molar-refractivity contribution is 6.00. The van der Waals surface area contributed by atoms with Crippen LogP contribution in [0.3, 0.4) is 0 Å². The summed E-state index contributed by atoms with van der Waals surface area (Å²) in [4.78, 5) is 0. The second-order valence-corrected chi connectivity index (χ2v) is 2.91. The predicted octanol–water partition coefficient (Wildman–Crippen LogP) is 2.27. The average Bonchev–Trinajstić information content (AvgIpc) is 2.16. The highest BCUT2D eigenvalue weighted by Gasteiger charge is 2.03. The zero-order valence-electron chi connectivity index (χ0n) is 7.55. The molecule has 0 N–H and O–H groups in total. The minimum Gasteiger partial charge on any atom is -0.540 e. The van der Waals surface area contributed by atoms with Crippen LogP contribution in [0.1, 0.15) is 25.0 Å². The van der Waals surface area contributed by atoms with Crippen LogP contribution in [0.5, 0.6) is 5.75 Å². The minimum absolute atomic E-state index is 0.938. The molecule has 0 saturated carbocycles. The third-order valence-corrected chi connectivity index (χ3v) is 2.29. The van der Waals surface area contributed by atoms with Crippen LogP contribution in [0.4, 0.5) is 0 Å². The van der Waals surface area contributed by atoms with Crippen molar-refractivity contribution < 1.29 is 4.43 Å².